The van der Waals surface area contributed by atoms with Gasteiger partial charge >= 0.3 is 0 Å². The normalized spacial score (nSPS) is 13.0. The van der Waals surface area contributed by atoms with Gasteiger partial charge in [-0.25, -0.2) is 18.4 Å². The Morgan fingerprint density at radius 2 is 1.92 bits per heavy atom. The Kier molecular flexibility index (Phi) is 6.02. The maximum atomic E-state index is 12.6. The lowest BCUT2D eigenvalue weighted by Gasteiger charge is -2.13. The average molecular weight is 361 g/mol. The Morgan fingerprint density at radius 3 is 2.56 bits per heavy atom. The molecule has 0 aliphatic rings. The zero-order chi connectivity index (χ0) is 18.6. The highest BCUT2D eigenvalue weighted by atomic mass is 32.2. The summed E-state index contributed by atoms with van der Waals surface area (Å²) >= 11 is 0. The summed E-state index contributed by atoms with van der Waals surface area (Å²) in [5.41, 5.74) is 7.89. The summed E-state index contributed by atoms with van der Waals surface area (Å²) in [6.07, 6.45) is 1.90. The standard InChI is InChI=1S/C18H23N3O3S/c1-12(2)7-16(19)18(22)10-25(23,24)15-6-4-5-14(9-15)17-8-13(3)20-11-21-17/h4-6,8-9,11-12,16H,7,10,19H2,1-3H3/t16-/m0/s1. The third kappa shape index (κ3) is 5.17. The Labute approximate surface area is 148 Å². The molecule has 0 aliphatic heterocycles. The molecule has 0 spiro atoms. The zero-order valence-corrected chi connectivity index (χ0v) is 15.5. The first kappa shape index (κ1) is 19.2. The minimum Gasteiger partial charge on any atom is -0.321 e. The highest BCUT2D eigenvalue weighted by molar-refractivity contribution is 7.92. The minimum atomic E-state index is -3.75. The number of benzene rings is 1. The van der Waals surface area contributed by atoms with E-state index in [1.165, 1.54) is 18.5 Å². The molecule has 0 bridgehead atoms. The quantitative estimate of drug-likeness (QED) is 0.810. The van der Waals surface area contributed by atoms with Crippen LogP contribution in [0.4, 0.5) is 0 Å². The average Bonchev–Trinajstić information content (AvgIpc) is 2.54. The van der Waals surface area contributed by atoms with Crippen molar-refractivity contribution in [1.82, 2.24) is 9.97 Å². The number of nitrogens with zero attached hydrogens (tertiary/aromatic N) is 2. The number of aromatic nitrogens is 2. The van der Waals surface area contributed by atoms with Crippen LogP contribution < -0.4 is 5.73 Å². The van der Waals surface area contributed by atoms with Gasteiger partial charge < -0.3 is 5.73 Å². The highest BCUT2D eigenvalue weighted by Gasteiger charge is 2.24. The predicted octanol–water partition coefficient (Wildman–Crippen LogP) is 2.17. The van der Waals surface area contributed by atoms with E-state index in [2.05, 4.69) is 9.97 Å². The second kappa shape index (κ2) is 7.84. The molecule has 2 aromatic rings. The first-order chi connectivity index (χ1) is 11.7. The van der Waals surface area contributed by atoms with Crippen LogP contribution in [0, 0.1) is 12.8 Å². The van der Waals surface area contributed by atoms with Gasteiger partial charge in [0.05, 0.1) is 16.6 Å². The Bertz CT molecular complexity index is 863. The van der Waals surface area contributed by atoms with Crippen molar-refractivity contribution < 1.29 is 13.2 Å². The van der Waals surface area contributed by atoms with Gasteiger partial charge in [0, 0.05) is 11.3 Å². The number of ketones is 1. The number of hydrogen-bond acceptors (Lipinski definition) is 6. The molecule has 2 rings (SSSR count). The van der Waals surface area contributed by atoms with Crippen molar-refractivity contribution in [2.45, 2.75) is 38.1 Å². The van der Waals surface area contributed by atoms with E-state index in [1.807, 2.05) is 20.8 Å². The minimum absolute atomic E-state index is 0.0892. The van der Waals surface area contributed by atoms with Crippen LogP contribution in [0.5, 0.6) is 0 Å². The van der Waals surface area contributed by atoms with E-state index in [0.717, 1.165) is 5.69 Å². The summed E-state index contributed by atoms with van der Waals surface area (Å²) in [6, 6.07) is 7.43. The number of nitrogens with two attached hydrogens (primary N) is 1. The van der Waals surface area contributed by atoms with E-state index >= 15 is 0 Å². The SMILES string of the molecule is Cc1cc(-c2cccc(S(=O)(=O)CC(=O)[C@@H](N)CC(C)C)c2)ncn1. The number of carbonyl (C=O) groups is 1. The molecule has 1 aromatic carbocycles. The summed E-state index contributed by atoms with van der Waals surface area (Å²) < 4.78 is 25.1. The Hall–Kier alpha value is -2.12. The van der Waals surface area contributed by atoms with Gasteiger partial charge in [0.25, 0.3) is 0 Å². The second-order valence-electron chi connectivity index (χ2n) is 6.53. The van der Waals surface area contributed by atoms with Crippen molar-refractivity contribution in [3.8, 4) is 11.3 Å². The van der Waals surface area contributed by atoms with Gasteiger partial charge in [-0.05, 0) is 37.5 Å². The molecular weight excluding hydrogens is 338 g/mol. The Balaban J connectivity index is 2.25. The summed E-state index contributed by atoms with van der Waals surface area (Å²) in [5, 5.41) is 0. The molecule has 2 N–H and O–H groups in total. The first-order valence-electron chi connectivity index (χ1n) is 8.09. The molecule has 1 heterocycles. The Morgan fingerprint density at radius 1 is 1.20 bits per heavy atom. The monoisotopic (exact) mass is 361 g/mol. The fourth-order valence-electron chi connectivity index (χ4n) is 2.48. The third-order valence-corrected chi connectivity index (χ3v) is 5.40. The van der Waals surface area contributed by atoms with E-state index < -0.39 is 27.4 Å². The topological polar surface area (TPSA) is 103 Å². The van der Waals surface area contributed by atoms with E-state index in [1.54, 1.807) is 18.2 Å². The molecule has 7 heteroatoms. The maximum absolute atomic E-state index is 12.6. The number of Topliss-reactive ketones (excluding diaryl/α,β-unsaturated/α-hetero) is 1. The molecule has 25 heavy (non-hydrogen) atoms. The number of aryl methyl sites for hydroxylation is 1. The van der Waals surface area contributed by atoms with Crippen LogP contribution in [0.2, 0.25) is 0 Å². The smallest absolute Gasteiger partial charge is 0.185 e. The molecule has 6 nitrogen and oxygen atoms in total. The van der Waals surface area contributed by atoms with Crippen molar-refractivity contribution in [3.05, 3.63) is 42.4 Å². The van der Waals surface area contributed by atoms with Crippen molar-refractivity contribution >= 4 is 15.6 Å². The second-order valence-corrected chi connectivity index (χ2v) is 8.52. The van der Waals surface area contributed by atoms with Crippen LogP contribution in [0.1, 0.15) is 26.0 Å². The molecule has 1 aromatic heterocycles. The molecule has 0 saturated carbocycles. The lowest BCUT2D eigenvalue weighted by atomic mass is 10.0. The van der Waals surface area contributed by atoms with Gasteiger partial charge in [-0.1, -0.05) is 26.0 Å². The van der Waals surface area contributed by atoms with Crippen LogP contribution in [0.3, 0.4) is 0 Å². The number of rotatable bonds is 7. The summed E-state index contributed by atoms with van der Waals surface area (Å²) in [4.78, 5) is 20.4. The van der Waals surface area contributed by atoms with Crippen molar-refractivity contribution in [2.24, 2.45) is 11.7 Å². The fraction of sp³-hybridized carbons (Fsp3) is 0.389. The van der Waals surface area contributed by atoms with Gasteiger partial charge in [0.2, 0.25) is 0 Å². The molecule has 0 saturated heterocycles. The number of sulfone groups is 1. The van der Waals surface area contributed by atoms with Gasteiger partial charge in [0.1, 0.15) is 12.1 Å². The van der Waals surface area contributed by atoms with E-state index in [4.69, 9.17) is 5.73 Å². The molecule has 134 valence electrons. The summed E-state index contributed by atoms with van der Waals surface area (Å²) in [7, 11) is -3.75. The van der Waals surface area contributed by atoms with Crippen LogP contribution in [-0.2, 0) is 14.6 Å². The molecule has 1 atom stereocenters. The summed E-state index contributed by atoms with van der Waals surface area (Å²) in [5.74, 6) is -0.823. The first-order valence-corrected chi connectivity index (χ1v) is 9.74. The lowest BCUT2D eigenvalue weighted by molar-refractivity contribution is -0.118. The molecule has 0 unspecified atom stereocenters. The maximum Gasteiger partial charge on any atom is 0.185 e. The van der Waals surface area contributed by atoms with Crippen LogP contribution in [0.15, 0.2) is 41.6 Å². The molecule has 0 fully saturated rings. The van der Waals surface area contributed by atoms with Crippen LogP contribution in [0.25, 0.3) is 11.3 Å². The number of hydrogen-bond donors (Lipinski definition) is 1. The molecule has 0 amide bonds. The van der Waals surface area contributed by atoms with Gasteiger partial charge in [-0.15, -0.1) is 0 Å². The van der Waals surface area contributed by atoms with E-state index in [0.29, 0.717) is 17.7 Å². The molecule has 0 aliphatic carbocycles. The lowest BCUT2D eigenvalue weighted by Crippen LogP contribution is -2.36. The van der Waals surface area contributed by atoms with E-state index in [-0.39, 0.29) is 10.8 Å². The third-order valence-electron chi connectivity index (χ3n) is 3.76. The van der Waals surface area contributed by atoms with Gasteiger partial charge in [-0.3, -0.25) is 4.79 Å². The summed E-state index contributed by atoms with van der Waals surface area (Å²) in [6.45, 7) is 5.71. The predicted molar refractivity (Wildman–Crippen MR) is 96.7 cm³/mol. The van der Waals surface area contributed by atoms with Gasteiger partial charge in [-0.2, -0.15) is 0 Å². The van der Waals surface area contributed by atoms with Gasteiger partial charge in [0.15, 0.2) is 15.6 Å². The van der Waals surface area contributed by atoms with Crippen molar-refractivity contribution in [3.63, 3.8) is 0 Å². The van der Waals surface area contributed by atoms with Crippen LogP contribution in [-0.4, -0.2) is 36.0 Å². The molecular formula is C18H23N3O3S. The molecule has 0 radical (unpaired) electrons. The zero-order valence-electron chi connectivity index (χ0n) is 14.6. The largest absolute Gasteiger partial charge is 0.321 e. The van der Waals surface area contributed by atoms with Crippen LogP contribution >= 0.6 is 0 Å². The number of carbonyl (C=O) groups excluding carboxylic acids is 1. The van der Waals surface area contributed by atoms with Crippen molar-refractivity contribution in [2.75, 3.05) is 5.75 Å². The van der Waals surface area contributed by atoms with Crippen molar-refractivity contribution in [1.29, 1.82) is 0 Å². The van der Waals surface area contributed by atoms with E-state index in [9.17, 15) is 13.2 Å². The fourth-order valence-corrected chi connectivity index (χ4v) is 3.83. The highest BCUT2D eigenvalue weighted by Crippen LogP contribution is 2.22.